The first kappa shape index (κ1) is 21.9. The molecule has 0 unspecified atom stereocenters. The molecule has 2 amide bonds. The molecule has 0 atom stereocenters. The minimum Gasteiger partial charge on any atom is -0.411 e. The van der Waals surface area contributed by atoms with E-state index in [-0.39, 0.29) is 17.6 Å². The highest BCUT2D eigenvalue weighted by molar-refractivity contribution is 7.99. The van der Waals surface area contributed by atoms with Crippen molar-refractivity contribution in [3.05, 3.63) is 54.1 Å². The van der Waals surface area contributed by atoms with Crippen molar-refractivity contribution >= 4 is 35.0 Å². The van der Waals surface area contributed by atoms with Crippen LogP contribution in [-0.4, -0.2) is 58.8 Å². The molecule has 0 saturated carbocycles. The van der Waals surface area contributed by atoms with Gasteiger partial charge in [0.1, 0.15) is 0 Å². The zero-order valence-corrected chi connectivity index (χ0v) is 18.9. The fourth-order valence-corrected chi connectivity index (χ4v) is 4.09. The number of nitrogens with zero attached hydrogens (tertiary/aromatic N) is 4. The van der Waals surface area contributed by atoms with Gasteiger partial charge in [-0.25, -0.2) is 0 Å². The van der Waals surface area contributed by atoms with Gasteiger partial charge >= 0.3 is 0 Å². The zero-order chi connectivity index (χ0) is 22.5. The molecule has 0 aliphatic carbocycles. The van der Waals surface area contributed by atoms with Crippen LogP contribution in [0.3, 0.4) is 0 Å². The number of amides is 2. The summed E-state index contributed by atoms with van der Waals surface area (Å²) in [4.78, 5) is 27.9. The van der Waals surface area contributed by atoms with Crippen molar-refractivity contribution in [1.29, 1.82) is 0 Å². The Morgan fingerprint density at radius 1 is 1.06 bits per heavy atom. The van der Waals surface area contributed by atoms with E-state index >= 15 is 0 Å². The molecule has 0 spiro atoms. The molecule has 2 aromatic carbocycles. The standard InChI is InChI=1S/C23H25N5O3S/c1-16-4-3-5-18(14-16)22-25-26-23(31-22)32-15-21(30)24-19-6-8-20(9-7-19)28-12-10-27(11-13-28)17(2)29/h3-9,14H,10-13,15H2,1-2H3,(H,24,30). The van der Waals surface area contributed by atoms with E-state index in [0.29, 0.717) is 11.1 Å². The first-order chi connectivity index (χ1) is 15.5. The summed E-state index contributed by atoms with van der Waals surface area (Å²) in [6.07, 6.45) is 0. The first-order valence-electron chi connectivity index (χ1n) is 10.4. The van der Waals surface area contributed by atoms with Crippen LogP contribution in [0.2, 0.25) is 0 Å². The van der Waals surface area contributed by atoms with Gasteiger partial charge in [-0.05, 0) is 43.3 Å². The number of anilines is 2. The van der Waals surface area contributed by atoms with Crippen LogP contribution in [0.25, 0.3) is 11.5 Å². The fraction of sp³-hybridized carbons (Fsp3) is 0.304. The summed E-state index contributed by atoms with van der Waals surface area (Å²) in [5, 5.41) is 11.3. The maximum atomic E-state index is 12.3. The van der Waals surface area contributed by atoms with Crippen LogP contribution >= 0.6 is 11.8 Å². The van der Waals surface area contributed by atoms with Crippen molar-refractivity contribution in [1.82, 2.24) is 15.1 Å². The molecule has 8 nitrogen and oxygen atoms in total. The molecule has 32 heavy (non-hydrogen) atoms. The third kappa shape index (κ3) is 5.47. The normalized spacial score (nSPS) is 13.8. The minimum atomic E-state index is -0.145. The quantitative estimate of drug-likeness (QED) is 0.574. The molecule has 1 aromatic heterocycles. The number of aromatic nitrogens is 2. The SMILES string of the molecule is CC(=O)N1CCN(c2ccc(NC(=O)CSc3nnc(-c4cccc(C)c4)o3)cc2)CC1. The van der Waals surface area contributed by atoms with Gasteiger partial charge in [-0.15, -0.1) is 10.2 Å². The lowest BCUT2D eigenvalue weighted by molar-refractivity contribution is -0.129. The number of piperazine rings is 1. The average molecular weight is 452 g/mol. The molecule has 1 saturated heterocycles. The smallest absolute Gasteiger partial charge is 0.277 e. The van der Waals surface area contributed by atoms with Crippen molar-refractivity contribution in [2.75, 3.05) is 42.1 Å². The van der Waals surface area contributed by atoms with E-state index in [1.54, 1.807) is 6.92 Å². The highest BCUT2D eigenvalue weighted by Crippen LogP contribution is 2.24. The number of rotatable bonds is 6. The van der Waals surface area contributed by atoms with Crippen molar-refractivity contribution < 1.29 is 14.0 Å². The molecule has 1 N–H and O–H groups in total. The monoisotopic (exact) mass is 451 g/mol. The highest BCUT2D eigenvalue weighted by Gasteiger charge is 2.18. The van der Waals surface area contributed by atoms with Gasteiger partial charge in [-0.1, -0.05) is 29.5 Å². The second-order valence-electron chi connectivity index (χ2n) is 7.62. The summed E-state index contributed by atoms with van der Waals surface area (Å²) in [6, 6.07) is 15.6. The van der Waals surface area contributed by atoms with E-state index < -0.39 is 0 Å². The first-order valence-corrected chi connectivity index (χ1v) is 11.4. The number of hydrogen-bond acceptors (Lipinski definition) is 7. The Hall–Kier alpha value is -3.33. The fourth-order valence-electron chi connectivity index (χ4n) is 3.52. The topological polar surface area (TPSA) is 91.6 Å². The van der Waals surface area contributed by atoms with Crippen LogP contribution in [0.1, 0.15) is 12.5 Å². The Morgan fingerprint density at radius 3 is 2.50 bits per heavy atom. The Labute approximate surface area is 191 Å². The van der Waals surface area contributed by atoms with E-state index in [4.69, 9.17) is 4.42 Å². The molecule has 0 radical (unpaired) electrons. The molecule has 0 bridgehead atoms. The average Bonchev–Trinajstić information content (AvgIpc) is 3.28. The second-order valence-corrected chi connectivity index (χ2v) is 8.55. The second kappa shape index (κ2) is 9.86. The molecule has 3 aromatic rings. The predicted molar refractivity (Wildman–Crippen MR) is 125 cm³/mol. The Bertz CT molecular complexity index is 1090. The Morgan fingerprint density at radius 2 is 1.81 bits per heavy atom. The number of carbonyl (C=O) groups excluding carboxylic acids is 2. The third-order valence-corrected chi connectivity index (χ3v) is 6.06. The van der Waals surface area contributed by atoms with Crippen molar-refractivity contribution in [2.45, 2.75) is 19.1 Å². The van der Waals surface area contributed by atoms with Gasteiger partial charge in [0.2, 0.25) is 17.7 Å². The number of nitrogens with one attached hydrogen (secondary N) is 1. The van der Waals surface area contributed by atoms with E-state index in [1.807, 2.05) is 60.4 Å². The molecular weight excluding hydrogens is 426 g/mol. The van der Waals surface area contributed by atoms with E-state index in [2.05, 4.69) is 20.4 Å². The van der Waals surface area contributed by atoms with E-state index in [1.165, 1.54) is 11.8 Å². The minimum absolute atomic E-state index is 0.118. The molecule has 4 rings (SSSR count). The summed E-state index contributed by atoms with van der Waals surface area (Å²) < 4.78 is 5.66. The third-order valence-electron chi connectivity index (χ3n) is 5.24. The Kier molecular flexibility index (Phi) is 6.75. The van der Waals surface area contributed by atoms with Crippen LogP contribution < -0.4 is 10.2 Å². The van der Waals surface area contributed by atoms with Crippen LogP contribution in [0.4, 0.5) is 11.4 Å². The van der Waals surface area contributed by atoms with Gasteiger partial charge in [0, 0.05) is 50.0 Å². The van der Waals surface area contributed by atoms with Crippen LogP contribution in [0, 0.1) is 6.92 Å². The van der Waals surface area contributed by atoms with Crippen molar-refractivity contribution in [3.8, 4) is 11.5 Å². The summed E-state index contributed by atoms with van der Waals surface area (Å²) in [5.74, 6) is 0.585. The van der Waals surface area contributed by atoms with Crippen molar-refractivity contribution in [3.63, 3.8) is 0 Å². The lowest BCUT2D eigenvalue weighted by Crippen LogP contribution is -2.48. The summed E-state index contributed by atoms with van der Waals surface area (Å²) >= 11 is 1.20. The van der Waals surface area contributed by atoms with Gasteiger partial charge in [-0.2, -0.15) is 0 Å². The number of aryl methyl sites for hydroxylation is 1. The van der Waals surface area contributed by atoms with Crippen LogP contribution in [0.15, 0.2) is 58.2 Å². The number of carbonyl (C=O) groups is 2. The number of thioether (sulfide) groups is 1. The molecule has 1 aliphatic rings. The predicted octanol–water partition coefficient (Wildman–Crippen LogP) is 3.44. The van der Waals surface area contributed by atoms with E-state index in [9.17, 15) is 9.59 Å². The summed E-state index contributed by atoms with van der Waals surface area (Å²) in [5.41, 5.74) is 3.78. The maximum Gasteiger partial charge on any atom is 0.277 e. The maximum absolute atomic E-state index is 12.3. The number of hydrogen-bond donors (Lipinski definition) is 1. The van der Waals surface area contributed by atoms with Gasteiger partial charge in [0.25, 0.3) is 5.22 Å². The molecule has 1 fully saturated rings. The van der Waals surface area contributed by atoms with Crippen LogP contribution in [-0.2, 0) is 9.59 Å². The van der Waals surface area contributed by atoms with Crippen molar-refractivity contribution in [2.24, 2.45) is 0 Å². The van der Waals surface area contributed by atoms with Gasteiger partial charge in [0.05, 0.1) is 5.75 Å². The lowest BCUT2D eigenvalue weighted by atomic mass is 10.1. The lowest BCUT2D eigenvalue weighted by Gasteiger charge is -2.35. The summed E-state index contributed by atoms with van der Waals surface area (Å²) in [6.45, 7) is 6.67. The number of benzene rings is 2. The molecule has 1 aliphatic heterocycles. The van der Waals surface area contributed by atoms with Gasteiger partial charge < -0.3 is 19.5 Å². The Balaban J connectivity index is 1.26. The van der Waals surface area contributed by atoms with E-state index in [0.717, 1.165) is 48.7 Å². The van der Waals surface area contributed by atoms with Crippen LogP contribution in [0.5, 0.6) is 0 Å². The molecule has 9 heteroatoms. The zero-order valence-electron chi connectivity index (χ0n) is 18.1. The molecular formula is C23H25N5O3S. The summed E-state index contributed by atoms with van der Waals surface area (Å²) in [7, 11) is 0. The highest BCUT2D eigenvalue weighted by atomic mass is 32.2. The molecule has 2 heterocycles. The largest absolute Gasteiger partial charge is 0.411 e. The van der Waals surface area contributed by atoms with Gasteiger partial charge in [-0.3, -0.25) is 9.59 Å². The molecule has 166 valence electrons. The van der Waals surface area contributed by atoms with Gasteiger partial charge in [0.15, 0.2) is 0 Å².